The highest BCUT2D eigenvalue weighted by Crippen LogP contribution is 2.34. The molecule has 2 aliphatic heterocycles. The van der Waals surface area contributed by atoms with Gasteiger partial charge >= 0.3 is 5.97 Å². The van der Waals surface area contributed by atoms with Crippen molar-refractivity contribution in [1.82, 2.24) is 9.88 Å². The first-order valence-electron chi connectivity index (χ1n) is 7.66. The maximum Gasteiger partial charge on any atom is 0.308 e. The zero-order chi connectivity index (χ0) is 15.5. The fourth-order valence-electron chi connectivity index (χ4n) is 3.37. The SMILES string of the molecule is O=C(O)[C@@H]1CN(C(=O)C2CCOCC2)C[C@H]1c1cccnc1. The lowest BCUT2D eigenvalue weighted by molar-refractivity contribution is -0.142. The van der Waals surface area contributed by atoms with Crippen molar-refractivity contribution in [2.75, 3.05) is 26.3 Å². The molecule has 0 aromatic carbocycles. The molecular weight excluding hydrogens is 284 g/mol. The highest BCUT2D eigenvalue weighted by atomic mass is 16.5. The van der Waals surface area contributed by atoms with Gasteiger partial charge in [-0.05, 0) is 24.5 Å². The third-order valence-corrected chi connectivity index (χ3v) is 4.63. The fourth-order valence-corrected chi connectivity index (χ4v) is 3.37. The molecule has 0 unspecified atom stereocenters. The summed E-state index contributed by atoms with van der Waals surface area (Å²) in [5.74, 6) is -1.56. The van der Waals surface area contributed by atoms with Crippen molar-refractivity contribution in [2.24, 2.45) is 11.8 Å². The summed E-state index contributed by atoms with van der Waals surface area (Å²) in [6, 6.07) is 3.69. The molecule has 0 aliphatic carbocycles. The lowest BCUT2D eigenvalue weighted by atomic mass is 9.90. The van der Waals surface area contributed by atoms with Gasteiger partial charge in [-0.15, -0.1) is 0 Å². The molecule has 2 atom stereocenters. The average Bonchev–Trinajstić information content (AvgIpc) is 3.01. The number of aliphatic carboxylic acids is 1. The topological polar surface area (TPSA) is 79.7 Å². The molecule has 2 saturated heterocycles. The Hall–Kier alpha value is -1.95. The van der Waals surface area contributed by atoms with Gasteiger partial charge in [0.15, 0.2) is 0 Å². The third kappa shape index (κ3) is 2.97. The Labute approximate surface area is 129 Å². The van der Waals surface area contributed by atoms with E-state index in [2.05, 4.69) is 4.98 Å². The summed E-state index contributed by atoms with van der Waals surface area (Å²) in [5, 5.41) is 9.48. The van der Waals surface area contributed by atoms with Crippen molar-refractivity contribution in [3.63, 3.8) is 0 Å². The molecule has 2 aliphatic rings. The van der Waals surface area contributed by atoms with Crippen molar-refractivity contribution in [3.8, 4) is 0 Å². The van der Waals surface area contributed by atoms with E-state index in [4.69, 9.17) is 4.74 Å². The van der Waals surface area contributed by atoms with Gasteiger partial charge in [-0.2, -0.15) is 0 Å². The van der Waals surface area contributed by atoms with Gasteiger partial charge in [0.1, 0.15) is 0 Å². The zero-order valence-corrected chi connectivity index (χ0v) is 12.4. The third-order valence-electron chi connectivity index (χ3n) is 4.63. The molecule has 0 saturated carbocycles. The van der Waals surface area contributed by atoms with Gasteiger partial charge in [0.05, 0.1) is 5.92 Å². The van der Waals surface area contributed by atoms with Gasteiger partial charge in [0.25, 0.3) is 0 Å². The maximum absolute atomic E-state index is 12.6. The van der Waals surface area contributed by atoms with Crippen LogP contribution in [0, 0.1) is 11.8 Å². The molecule has 1 N–H and O–H groups in total. The summed E-state index contributed by atoms with van der Waals surface area (Å²) in [6.07, 6.45) is 4.82. The lowest BCUT2D eigenvalue weighted by Crippen LogP contribution is -2.37. The number of ether oxygens (including phenoxy) is 1. The minimum atomic E-state index is -0.851. The summed E-state index contributed by atoms with van der Waals surface area (Å²) < 4.78 is 5.29. The van der Waals surface area contributed by atoms with E-state index in [9.17, 15) is 14.7 Å². The number of aromatic nitrogens is 1. The maximum atomic E-state index is 12.6. The molecule has 3 rings (SSSR count). The Balaban J connectivity index is 1.75. The summed E-state index contributed by atoms with van der Waals surface area (Å²) in [4.78, 5) is 29.9. The number of hydrogen-bond donors (Lipinski definition) is 1. The van der Waals surface area contributed by atoms with Crippen LogP contribution in [0.2, 0.25) is 0 Å². The van der Waals surface area contributed by atoms with Crippen LogP contribution in [-0.2, 0) is 14.3 Å². The number of nitrogens with zero attached hydrogens (tertiary/aromatic N) is 2. The smallest absolute Gasteiger partial charge is 0.308 e. The minimum Gasteiger partial charge on any atom is -0.481 e. The fraction of sp³-hybridized carbons (Fsp3) is 0.562. The summed E-state index contributed by atoms with van der Waals surface area (Å²) >= 11 is 0. The molecule has 3 heterocycles. The van der Waals surface area contributed by atoms with E-state index in [-0.39, 0.29) is 24.3 Å². The standard InChI is InChI=1S/C16H20N2O4/c19-15(11-3-6-22-7-4-11)18-9-13(14(10-18)16(20)21)12-2-1-5-17-8-12/h1-2,5,8,11,13-14H,3-4,6-7,9-10H2,(H,20,21)/t13-,14+/m0/s1. The van der Waals surface area contributed by atoms with E-state index in [1.54, 1.807) is 23.4 Å². The summed E-state index contributed by atoms with van der Waals surface area (Å²) in [6.45, 7) is 1.96. The van der Waals surface area contributed by atoms with Crippen LogP contribution >= 0.6 is 0 Å². The van der Waals surface area contributed by atoms with Crippen molar-refractivity contribution in [3.05, 3.63) is 30.1 Å². The predicted octanol–water partition coefficient (Wildman–Crippen LogP) is 1.13. The molecule has 1 aromatic rings. The van der Waals surface area contributed by atoms with E-state index in [0.29, 0.717) is 19.8 Å². The van der Waals surface area contributed by atoms with Crippen molar-refractivity contribution in [2.45, 2.75) is 18.8 Å². The Kier molecular flexibility index (Phi) is 4.38. The molecular formula is C16H20N2O4. The van der Waals surface area contributed by atoms with E-state index in [0.717, 1.165) is 18.4 Å². The number of carboxylic acids is 1. The quantitative estimate of drug-likeness (QED) is 0.905. The number of pyridine rings is 1. The number of likely N-dealkylation sites (tertiary alicyclic amines) is 1. The van der Waals surface area contributed by atoms with Crippen molar-refractivity contribution >= 4 is 11.9 Å². The largest absolute Gasteiger partial charge is 0.481 e. The molecule has 0 bridgehead atoms. The van der Waals surface area contributed by atoms with E-state index in [1.807, 2.05) is 6.07 Å². The number of carbonyl (C=O) groups excluding carboxylic acids is 1. The molecule has 22 heavy (non-hydrogen) atoms. The van der Waals surface area contributed by atoms with E-state index < -0.39 is 11.9 Å². The number of carboxylic acid groups (broad SMARTS) is 1. The Morgan fingerprint density at radius 1 is 1.27 bits per heavy atom. The summed E-state index contributed by atoms with van der Waals surface area (Å²) in [7, 11) is 0. The number of carbonyl (C=O) groups is 2. The highest BCUT2D eigenvalue weighted by Gasteiger charge is 2.42. The average molecular weight is 304 g/mol. The molecule has 1 aromatic heterocycles. The molecule has 2 fully saturated rings. The van der Waals surface area contributed by atoms with Crippen LogP contribution in [-0.4, -0.2) is 53.2 Å². The Bertz CT molecular complexity index is 542. The van der Waals surface area contributed by atoms with Gasteiger partial charge < -0.3 is 14.7 Å². The second-order valence-corrected chi connectivity index (χ2v) is 5.97. The number of rotatable bonds is 3. The van der Waals surface area contributed by atoms with Crippen LogP contribution in [0.15, 0.2) is 24.5 Å². The molecule has 0 radical (unpaired) electrons. The first-order valence-corrected chi connectivity index (χ1v) is 7.66. The first kappa shape index (κ1) is 15.0. The van der Waals surface area contributed by atoms with Crippen molar-refractivity contribution in [1.29, 1.82) is 0 Å². The van der Waals surface area contributed by atoms with E-state index >= 15 is 0 Å². The minimum absolute atomic E-state index is 0.0316. The van der Waals surface area contributed by atoms with Gasteiger partial charge in [-0.3, -0.25) is 14.6 Å². The van der Waals surface area contributed by atoms with Gasteiger partial charge in [-0.1, -0.05) is 6.07 Å². The van der Waals surface area contributed by atoms with Crippen LogP contribution in [0.4, 0.5) is 0 Å². The van der Waals surface area contributed by atoms with Gasteiger partial charge in [-0.25, -0.2) is 0 Å². The first-order chi connectivity index (χ1) is 10.7. The van der Waals surface area contributed by atoms with Crippen molar-refractivity contribution < 1.29 is 19.4 Å². The summed E-state index contributed by atoms with van der Waals surface area (Å²) in [5.41, 5.74) is 0.886. The van der Waals surface area contributed by atoms with E-state index in [1.165, 1.54) is 0 Å². The van der Waals surface area contributed by atoms with Gasteiger partial charge in [0.2, 0.25) is 5.91 Å². The van der Waals surface area contributed by atoms with Crippen LogP contribution in [0.3, 0.4) is 0 Å². The highest BCUT2D eigenvalue weighted by molar-refractivity contribution is 5.81. The zero-order valence-electron chi connectivity index (χ0n) is 12.4. The molecule has 118 valence electrons. The Morgan fingerprint density at radius 2 is 2.05 bits per heavy atom. The van der Waals surface area contributed by atoms with Gasteiger partial charge in [0, 0.05) is 50.5 Å². The molecule has 0 spiro atoms. The number of hydrogen-bond acceptors (Lipinski definition) is 4. The van der Waals surface area contributed by atoms with Crippen LogP contribution in [0.25, 0.3) is 0 Å². The number of amides is 1. The molecule has 6 heteroatoms. The normalized spacial score (nSPS) is 26.1. The van der Waals surface area contributed by atoms with Crippen LogP contribution in [0.1, 0.15) is 24.3 Å². The molecule has 1 amide bonds. The molecule has 6 nitrogen and oxygen atoms in total. The second kappa shape index (κ2) is 6.44. The lowest BCUT2D eigenvalue weighted by Gasteiger charge is -2.26. The van der Waals surface area contributed by atoms with Crippen LogP contribution in [0.5, 0.6) is 0 Å². The predicted molar refractivity (Wildman–Crippen MR) is 78.2 cm³/mol. The van der Waals surface area contributed by atoms with Crippen LogP contribution < -0.4 is 0 Å². The second-order valence-electron chi connectivity index (χ2n) is 5.97. The Morgan fingerprint density at radius 3 is 2.68 bits per heavy atom. The monoisotopic (exact) mass is 304 g/mol.